The third-order valence-corrected chi connectivity index (χ3v) is 5.83. The zero-order valence-electron chi connectivity index (χ0n) is 19.3. The molecule has 0 unspecified atom stereocenters. The van der Waals surface area contributed by atoms with E-state index in [2.05, 4.69) is 21.0 Å². The second-order valence-electron chi connectivity index (χ2n) is 8.22. The number of carbonyl (C=O) groups excluding carboxylic acids is 2. The van der Waals surface area contributed by atoms with Crippen LogP contribution in [0.2, 0.25) is 0 Å². The van der Waals surface area contributed by atoms with Crippen LogP contribution in [0.25, 0.3) is 11.0 Å². The lowest BCUT2D eigenvalue weighted by Crippen LogP contribution is -2.30. The van der Waals surface area contributed by atoms with E-state index in [1.165, 1.54) is 6.92 Å². The van der Waals surface area contributed by atoms with Crippen LogP contribution in [0.4, 0.5) is 11.4 Å². The van der Waals surface area contributed by atoms with Gasteiger partial charge in [-0.15, -0.1) is 0 Å². The van der Waals surface area contributed by atoms with Crippen LogP contribution >= 0.6 is 0 Å². The minimum absolute atomic E-state index is 0.181. The van der Waals surface area contributed by atoms with Crippen molar-refractivity contribution < 1.29 is 14.3 Å². The molecule has 0 aliphatic carbocycles. The number of amides is 2. The van der Waals surface area contributed by atoms with E-state index in [9.17, 15) is 9.59 Å². The third kappa shape index (κ3) is 5.14. The summed E-state index contributed by atoms with van der Waals surface area (Å²) in [6, 6.07) is 7.18. The molecule has 0 radical (unpaired) electrons. The van der Waals surface area contributed by atoms with Crippen molar-refractivity contribution >= 4 is 34.2 Å². The summed E-state index contributed by atoms with van der Waals surface area (Å²) in [5, 5.41) is 14.9. The Labute approximate surface area is 192 Å². The summed E-state index contributed by atoms with van der Waals surface area (Å²) in [6.07, 6.45) is 3.69. The van der Waals surface area contributed by atoms with Gasteiger partial charge >= 0.3 is 0 Å². The van der Waals surface area contributed by atoms with Crippen LogP contribution in [0.1, 0.15) is 48.3 Å². The normalized spacial score (nSPS) is 14.3. The number of benzene rings is 1. The van der Waals surface area contributed by atoms with Crippen molar-refractivity contribution in [3.05, 3.63) is 47.3 Å². The highest BCUT2D eigenvalue weighted by molar-refractivity contribution is 5.97. The van der Waals surface area contributed by atoms with Crippen LogP contribution in [0.5, 0.6) is 0 Å². The summed E-state index contributed by atoms with van der Waals surface area (Å²) in [5.74, 6) is -0.401. The van der Waals surface area contributed by atoms with E-state index < -0.39 is 0 Å². The predicted molar refractivity (Wildman–Crippen MR) is 127 cm³/mol. The highest BCUT2D eigenvalue weighted by Crippen LogP contribution is 2.30. The first-order valence-electron chi connectivity index (χ1n) is 11.3. The topological polar surface area (TPSA) is 110 Å². The number of nitrogens with one attached hydrogen (secondary N) is 3. The average molecular weight is 451 g/mol. The van der Waals surface area contributed by atoms with Gasteiger partial charge in [0.2, 0.25) is 5.91 Å². The van der Waals surface area contributed by atoms with Crippen LogP contribution in [0, 0.1) is 6.92 Å². The van der Waals surface area contributed by atoms with Gasteiger partial charge in [-0.25, -0.2) is 9.67 Å². The van der Waals surface area contributed by atoms with Crippen LogP contribution in [0.3, 0.4) is 0 Å². The average Bonchev–Trinajstić information content (AvgIpc) is 3.21. The Kier molecular flexibility index (Phi) is 6.88. The molecule has 174 valence electrons. The molecule has 2 amide bonds. The highest BCUT2D eigenvalue weighted by atomic mass is 16.5. The molecule has 9 heteroatoms. The Bertz CT molecular complexity index is 1170. The van der Waals surface area contributed by atoms with E-state index in [0.29, 0.717) is 17.8 Å². The standard InChI is InChI=1S/C24H30N6O3/c1-4-30-23-21(14-26-30)22(29-18-8-10-33-11-9-18)20(15(2)27-23)13-25-24(32)17-6-5-7-19(12-17)28-16(3)31/h5-7,12,14,18H,4,8-11,13H2,1-3H3,(H,25,32)(H,27,29)(H,28,31). The number of fused-ring (bicyclic) bond motifs is 1. The molecule has 4 rings (SSSR count). The van der Waals surface area contributed by atoms with Crippen molar-refractivity contribution in [1.29, 1.82) is 0 Å². The smallest absolute Gasteiger partial charge is 0.251 e. The van der Waals surface area contributed by atoms with Crippen LogP contribution in [0.15, 0.2) is 30.5 Å². The van der Waals surface area contributed by atoms with E-state index in [4.69, 9.17) is 9.72 Å². The molecule has 3 N–H and O–H groups in total. The van der Waals surface area contributed by atoms with Gasteiger partial charge in [0.25, 0.3) is 5.91 Å². The van der Waals surface area contributed by atoms with Crippen molar-refractivity contribution in [2.45, 2.75) is 52.7 Å². The maximum atomic E-state index is 12.9. The monoisotopic (exact) mass is 450 g/mol. The van der Waals surface area contributed by atoms with Crippen molar-refractivity contribution in [1.82, 2.24) is 20.1 Å². The van der Waals surface area contributed by atoms with Gasteiger partial charge in [0.05, 0.1) is 17.3 Å². The van der Waals surface area contributed by atoms with E-state index in [1.54, 1.807) is 24.3 Å². The van der Waals surface area contributed by atoms with Gasteiger partial charge < -0.3 is 20.7 Å². The zero-order chi connectivity index (χ0) is 23.4. The SMILES string of the molecule is CCn1ncc2c(NC3CCOCC3)c(CNC(=O)c3cccc(NC(C)=O)c3)c(C)nc21. The van der Waals surface area contributed by atoms with Gasteiger partial charge in [-0.05, 0) is 44.9 Å². The van der Waals surface area contributed by atoms with Crippen molar-refractivity contribution in [3.8, 4) is 0 Å². The van der Waals surface area contributed by atoms with E-state index in [-0.39, 0.29) is 17.9 Å². The van der Waals surface area contributed by atoms with Gasteiger partial charge in [-0.3, -0.25) is 9.59 Å². The van der Waals surface area contributed by atoms with Crippen LogP contribution in [-0.2, 0) is 22.6 Å². The van der Waals surface area contributed by atoms with Gasteiger partial charge in [0.15, 0.2) is 5.65 Å². The number of pyridine rings is 1. The number of hydrogen-bond acceptors (Lipinski definition) is 6. The van der Waals surface area contributed by atoms with Gasteiger partial charge in [-0.2, -0.15) is 5.10 Å². The van der Waals surface area contributed by atoms with E-state index in [1.807, 2.05) is 24.7 Å². The lowest BCUT2D eigenvalue weighted by atomic mass is 10.0. The Morgan fingerprint density at radius 1 is 1.24 bits per heavy atom. The number of hydrogen-bond donors (Lipinski definition) is 3. The third-order valence-electron chi connectivity index (χ3n) is 5.83. The summed E-state index contributed by atoms with van der Waals surface area (Å²) in [4.78, 5) is 29.0. The Balaban J connectivity index is 1.61. The zero-order valence-corrected chi connectivity index (χ0v) is 19.3. The second-order valence-corrected chi connectivity index (χ2v) is 8.22. The largest absolute Gasteiger partial charge is 0.381 e. The van der Waals surface area contributed by atoms with Crippen LogP contribution < -0.4 is 16.0 Å². The van der Waals surface area contributed by atoms with Gasteiger partial charge in [0, 0.05) is 61.8 Å². The summed E-state index contributed by atoms with van der Waals surface area (Å²) in [7, 11) is 0. The van der Waals surface area contributed by atoms with Gasteiger partial charge in [-0.1, -0.05) is 6.07 Å². The number of anilines is 2. The molecular weight excluding hydrogens is 420 g/mol. The molecule has 0 atom stereocenters. The molecule has 0 saturated carbocycles. The molecule has 3 heterocycles. The molecular formula is C24H30N6O3. The minimum atomic E-state index is -0.219. The molecule has 0 bridgehead atoms. The molecule has 9 nitrogen and oxygen atoms in total. The first-order chi connectivity index (χ1) is 16.0. The number of nitrogens with zero attached hydrogens (tertiary/aromatic N) is 3. The fourth-order valence-electron chi connectivity index (χ4n) is 4.11. The van der Waals surface area contributed by atoms with Crippen molar-refractivity contribution in [3.63, 3.8) is 0 Å². The molecule has 1 aliphatic rings. The first-order valence-corrected chi connectivity index (χ1v) is 11.3. The predicted octanol–water partition coefficient (Wildman–Crippen LogP) is 3.24. The number of rotatable bonds is 7. The van der Waals surface area contributed by atoms with Gasteiger partial charge in [0.1, 0.15) is 0 Å². The summed E-state index contributed by atoms with van der Waals surface area (Å²) in [5.41, 5.74) is 4.66. The minimum Gasteiger partial charge on any atom is -0.381 e. The molecule has 1 aromatic carbocycles. The lowest BCUT2D eigenvalue weighted by molar-refractivity contribution is -0.114. The maximum Gasteiger partial charge on any atom is 0.251 e. The molecule has 3 aromatic rings. The Hall–Kier alpha value is -3.46. The summed E-state index contributed by atoms with van der Waals surface area (Å²) in [6.45, 7) is 7.95. The Morgan fingerprint density at radius 3 is 2.76 bits per heavy atom. The maximum absolute atomic E-state index is 12.9. The number of aromatic nitrogens is 3. The molecule has 1 fully saturated rings. The Morgan fingerprint density at radius 2 is 2.03 bits per heavy atom. The lowest BCUT2D eigenvalue weighted by Gasteiger charge is -2.26. The summed E-state index contributed by atoms with van der Waals surface area (Å²) >= 11 is 0. The van der Waals surface area contributed by atoms with E-state index >= 15 is 0 Å². The quantitative estimate of drug-likeness (QED) is 0.510. The van der Waals surface area contributed by atoms with Crippen LogP contribution in [-0.4, -0.2) is 45.8 Å². The van der Waals surface area contributed by atoms with Crippen molar-refractivity contribution in [2.24, 2.45) is 0 Å². The molecule has 2 aromatic heterocycles. The molecule has 0 spiro atoms. The fraction of sp³-hybridized carbons (Fsp3) is 0.417. The van der Waals surface area contributed by atoms with E-state index in [0.717, 1.165) is 60.6 Å². The number of aryl methyl sites for hydroxylation is 2. The van der Waals surface area contributed by atoms with Crippen molar-refractivity contribution in [2.75, 3.05) is 23.8 Å². The molecule has 1 aliphatic heterocycles. The molecule has 1 saturated heterocycles. The highest BCUT2D eigenvalue weighted by Gasteiger charge is 2.21. The summed E-state index contributed by atoms with van der Waals surface area (Å²) < 4.78 is 7.39. The fourth-order valence-corrected chi connectivity index (χ4v) is 4.11. The molecule has 33 heavy (non-hydrogen) atoms. The second kappa shape index (κ2) is 9.99. The first kappa shape index (κ1) is 22.7. The number of ether oxygens (including phenoxy) is 1. The number of carbonyl (C=O) groups is 2.